The quantitative estimate of drug-likeness (QED) is 0.677. The molecule has 7 nitrogen and oxygen atoms in total. The molecule has 0 bridgehead atoms. The van der Waals surface area contributed by atoms with Crippen LogP contribution in [-0.2, 0) is 6.54 Å². The Bertz CT molecular complexity index is 657. The molecule has 0 aliphatic carbocycles. The number of aromatic nitrogens is 2. The molecule has 1 N–H and O–H groups in total. The van der Waals surface area contributed by atoms with Crippen LogP contribution in [0.5, 0.6) is 0 Å². The van der Waals surface area contributed by atoms with Crippen LogP contribution in [0.15, 0.2) is 36.7 Å². The summed E-state index contributed by atoms with van der Waals surface area (Å²) < 4.78 is 1.70. The van der Waals surface area contributed by atoms with Crippen molar-refractivity contribution in [1.82, 2.24) is 15.1 Å². The minimum atomic E-state index is -0.593. The average molecular weight is 309 g/mol. The van der Waals surface area contributed by atoms with E-state index in [2.05, 4.69) is 10.4 Å². The summed E-state index contributed by atoms with van der Waals surface area (Å²) in [6, 6.07) is 5.53. The molecule has 2 aromatic rings. The topological polar surface area (TPSA) is 90.1 Å². The van der Waals surface area contributed by atoms with Crippen LogP contribution in [-0.4, -0.2) is 26.7 Å². The van der Waals surface area contributed by atoms with Gasteiger partial charge in [-0.15, -0.1) is 0 Å². The van der Waals surface area contributed by atoms with Gasteiger partial charge in [0.15, 0.2) is 0 Å². The molecule has 1 unspecified atom stereocenters. The van der Waals surface area contributed by atoms with Crippen molar-refractivity contribution in [2.75, 3.05) is 0 Å². The minimum absolute atomic E-state index is 0.0626. The molecule has 1 atom stereocenters. The molecule has 8 heteroatoms. The predicted octanol–water partition coefficient (Wildman–Crippen LogP) is 2.26. The third kappa shape index (κ3) is 3.79. The highest BCUT2D eigenvalue weighted by molar-refractivity contribution is 6.33. The molecule has 0 saturated heterocycles. The van der Waals surface area contributed by atoms with E-state index in [4.69, 9.17) is 11.6 Å². The molecule has 2 rings (SSSR count). The Morgan fingerprint density at radius 3 is 2.90 bits per heavy atom. The summed E-state index contributed by atoms with van der Waals surface area (Å²) in [6.45, 7) is 2.37. The van der Waals surface area contributed by atoms with Crippen LogP contribution in [0, 0.1) is 10.1 Å². The van der Waals surface area contributed by atoms with Crippen LogP contribution in [0.2, 0.25) is 5.02 Å². The van der Waals surface area contributed by atoms with Gasteiger partial charge in [0.05, 0.1) is 11.5 Å². The Morgan fingerprint density at radius 1 is 1.57 bits per heavy atom. The fourth-order valence-electron chi connectivity index (χ4n) is 1.84. The van der Waals surface area contributed by atoms with E-state index in [-0.39, 0.29) is 28.2 Å². The molecule has 0 saturated carbocycles. The molecule has 1 aromatic carbocycles. The molecule has 110 valence electrons. The molecule has 1 amide bonds. The molecule has 0 aliphatic heterocycles. The lowest BCUT2D eigenvalue weighted by Gasteiger charge is -2.14. The average Bonchev–Trinajstić information content (AvgIpc) is 2.90. The number of nitrogens with zero attached hydrogens (tertiary/aromatic N) is 3. The molecule has 0 fully saturated rings. The van der Waals surface area contributed by atoms with Gasteiger partial charge < -0.3 is 5.32 Å². The molecule has 0 aliphatic rings. The molecular weight excluding hydrogens is 296 g/mol. The second kappa shape index (κ2) is 6.36. The summed E-state index contributed by atoms with van der Waals surface area (Å²) in [5, 5.41) is 17.4. The summed E-state index contributed by atoms with van der Waals surface area (Å²) >= 11 is 5.78. The van der Waals surface area contributed by atoms with Gasteiger partial charge in [-0.25, -0.2) is 0 Å². The highest BCUT2D eigenvalue weighted by atomic mass is 35.5. The van der Waals surface area contributed by atoms with Gasteiger partial charge in [0.25, 0.3) is 11.6 Å². The predicted molar refractivity (Wildman–Crippen MR) is 77.3 cm³/mol. The Morgan fingerprint density at radius 2 is 2.33 bits per heavy atom. The van der Waals surface area contributed by atoms with E-state index in [1.807, 2.05) is 6.92 Å². The highest BCUT2D eigenvalue weighted by Gasteiger charge is 2.16. The van der Waals surface area contributed by atoms with Crippen molar-refractivity contribution >= 4 is 23.2 Å². The maximum Gasteiger partial charge on any atom is 0.287 e. The number of benzene rings is 1. The second-order valence-electron chi connectivity index (χ2n) is 4.53. The van der Waals surface area contributed by atoms with E-state index >= 15 is 0 Å². The Balaban J connectivity index is 2.03. The summed E-state index contributed by atoms with van der Waals surface area (Å²) in [6.07, 6.45) is 3.45. The molecule has 0 radical (unpaired) electrons. The van der Waals surface area contributed by atoms with Crippen molar-refractivity contribution in [2.45, 2.75) is 19.5 Å². The zero-order chi connectivity index (χ0) is 15.4. The highest BCUT2D eigenvalue weighted by Crippen LogP contribution is 2.24. The van der Waals surface area contributed by atoms with Crippen molar-refractivity contribution < 1.29 is 9.72 Å². The van der Waals surface area contributed by atoms with E-state index in [1.165, 1.54) is 18.2 Å². The third-order valence-electron chi connectivity index (χ3n) is 2.80. The van der Waals surface area contributed by atoms with Crippen molar-refractivity contribution in [3.05, 3.63) is 57.4 Å². The van der Waals surface area contributed by atoms with Crippen LogP contribution < -0.4 is 5.32 Å². The molecule has 1 aromatic heterocycles. The standard InChI is InChI=1S/C13H13ClN4O3/c1-9(8-17-6-2-5-15-17)16-13(19)10-3-4-12(18(20)21)11(14)7-10/h2-7,9H,8H2,1H3,(H,16,19). The number of carbonyl (C=O) groups is 1. The van der Waals surface area contributed by atoms with Crippen molar-refractivity contribution in [3.8, 4) is 0 Å². The van der Waals surface area contributed by atoms with Gasteiger partial charge in [-0.2, -0.15) is 5.10 Å². The van der Waals surface area contributed by atoms with E-state index in [9.17, 15) is 14.9 Å². The lowest BCUT2D eigenvalue weighted by atomic mass is 10.2. The van der Waals surface area contributed by atoms with Crippen LogP contribution >= 0.6 is 11.6 Å². The Kier molecular flexibility index (Phi) is 4.54. The maximum atomic E-state index is 12.0. The summed E-state index contributed by atoms with van der Waals surface area (Å²) in [5.74, 6) is -0.341. The number of carbonyl (C=O) groups excluding carboxylic acids is 1. The molecule has 0 spiro atoms. The SMILES string of the molecule is CC(Cn1cccn1)NC(=O)c1ccc([N+](=O)[O-])c(Cl)c1. The zero-order valence-electron chi connectivity index (χ0n) is 11.2. The first-order valence-corrected chi connectivity index (χ1v) is 6.57. The van der Waals surface area contributed by atoms with E-state index in [0.29, 0.717) is 6.54 Å². The van der Waals surface area contributed by atoms with Gasteiger partial charge in [0.2, 0.25) is 0 Å². The lowest BCUT2D eigenvalue weighted by Crippen LogP contribution is -2.35. The number of halogens is 1. The van der Waals surface area contributed by atoms with E-state index in [0.717, 1.165) is 0 Å². The Labute approximate surface area is 125 Å². The summed E-state index contributed by atoms with van der Waals surface area (Å²) in [7, 11) is 0. The summed E-state index contributed by atoms with van der Waals surface area (Å²) in [4.78, 5) is 22.1. The van der Waals surface area contributed by atoms with Gasteiger partial charge in [-0.3, -0.25) is 19.6 Å². The van der Waals surface area contributed by atoms with Crippen molar-refractivity contribution in [1.29, 1.82) is 0 Å². The van der Waals surface area contributed by atoms with Gasteiger partial charge >= 0.3 is 0 Å². The molecule has 21 heavy (non-hydrogen) atoms. The summed E-state index contributed by atoms with van der Waals surface area (Å²) in [5.41, 5.74) is 0.0516. The first-order chi connectivity index (χ1) is 9.97. The smallest absolute Gasteiger partial charge is 0.287 e. The lowest BCUT2D eigenvalue weighted by molar-refractivity contribution is -0.384. The third-order valence-corrected chi connectivity index (χ3v) is 3.11. The first-order valence-electron chi connectivity index (χ1n) is 6.19. The fourth-order valence-corrected chi connectivity index (χ4v) is 2.09. The van der Waals surface area contributed by atoms with Gasteiger partial charge in [0.1, 0.15) is 5.02 Å². The number of hydrogen-bond donors (Lipinski definition) is 1. The fraction of sp³-hybridized carbons (Fsp3) is 0.231. The first kappa shape index (κ1) is 15.0. The monoisotopic (exact) mass is 308 g/mol. The number of nitro groups is 1. The van der Waals surface area contributed by atoms with Crippen LogP contribution in [0.25, 0.3) is 0 Å². The van der Waals surface area contributed by atoms with Gasteiger partial charge in [-0.05, 0) is 25.1 Å². The van der Waals surface area contributed by atoms with Crippen LogP contribution in [0.4, 0.5) is 5.69 Å². The number of amides is 1. The number of nitro benzene ring substituents is 1. The molecular formula is C13H13ClN4O3. The maximum absolute atomic E-state index is 12.0. The zero-order valence-corrected chi connectivity index (χ0v) is 11.9. The number of rotatable bonds is 5. The number of hydrogen-bond acceptors (Lipinski definition) is 4. The van der Waals surface area contributed by atoms with Crippen LogP contribution in [0.1, 0.15) is 17.3 Å². The number of nitrogens with one attached hydrogen (secondary N) is 1. The molecule has 1 heterocycles. The largest absolute Gasteiger partial charge is 0.348 e. The van der Waals surface area contributed by atoms with E-state index < -0.39 is 4.92 Å². The van der Waals surface area contributed by atoms with Gasteiger partial charge in [0, 0.05) is 30.1 Å². The normalized spacial score (nSPS) is 11.9. The minimum Gasteiger partial charge on any atom is -0.348 e. The Hall–Kier alpha value is -2.41. The van der Waals surface area contributed by atoms with Crippen LogP contribution in [0.3, 0.4) is 0 Å². The van der Waals surface area contributed by atoms with E-state index in [1.54, 1.807) is 23.1 Å². The van der Waals surface area contributed by atoms with Gasteiger partial charge in [-0.1, -0.05) is 11.6 Å². The second-order valence-corrected chi connectivity index (χ2v) is 4.93. The van der Waals surface area contributed by atoms with Crippen molar-refractivity contribution in [2.24, 2.45) is 0 Å². The van der Waals surface area contributed by atoms with Crippen molar-refractivity contribution in [3.63, 3.8) is 0 Å².